The Hall–Kier alpha value is -3.95. The molecule has 0 unspecified atom stereocenters. The Morgan fingerprint density at radius 1 is 1.09 bits per heavy atom. The van der Waals surface area contributed by atoms with Crippen molar-refractivity contribution >= 4 is 23.2 Å². The molecule has 0 aliphatic carbocycles. The molecule has 1 amide bonds. The number of nitrogens with zero attached hydrogens (tertiary/aromatic N) is 5. The molecule has 0 saturated carbocycles. The number of carbonyl (C=O) groups excluding carboxylic acids is 1. The molecular formula is C23H27N7O3. The highest BCUT2D eigenvalue weighted by molar-refractivity contribution is 5.98. The van der Waals surface area contributed by atoms with Crippen molar-refractivity contribution < 1.29 is 14.3 Å². The molecule has 1 aromatic carbocycles. The van der Waals surface area contributed by atoms with Crippen molar-refractivity contribution in [3.8, 4) is 5.75 Å². The van der Waals surface area contributed by atoms with Crippen LogP contribution in [0.3, 0.4) is 0 Å². The van der Waals surface area contributed by atoms with Gasteiger partial charge in [0.2, 0.25) is 0 Å². The molecule has 0 spiro atoms. The van der Waals surface area contributed by atoms with Gasteiger partial charge in [-0.25, -0.2) is 20.0 Å². The first-order valence-electron chi connectivity index (χ1n) is 10.6. The summed E-state index contributed by atoms with van der Waals surface area (Å²) < 4.78 is 5.86. The van der Waals surface area contributed by atoms with E-state index < -0.39 is 0 Å². The van der Waals surface area contributed by atoms with E-state index in [0.717, 1.165) is 11.5 Å². The zero-order valence-electron chi connectivity index (χ0n) is 19.2. The van der Waals surface area contributed by atoms with Gasteiger partial charge in [0.25, 0.3) is 5.91 Å². The fraction of sp³-hybridized carbons (Fsp3) is 0.348. The van der Waals surface area contributed by atoms with E-state index in [1.165, 1.54) is 4.90 Å². The Morgan fingerprint density at radius 3 is 2.39 bits per heavy atom. The molecule has 3 N–H and O–H groups in total. The van der Waals surface area contributed by atoms with Crippen molar-refractivity contribution in [3.05, 3.63) is 58.4 Å². The average Bonchev–Trinajstić information content (AvgIpc) is 3.40. The average molecular weight is 450 g/mol. The first kappa shape index (κ1) is 22.3. The second-order valence-electron chi connectivity index (χ2n) is 8.37. The van der Waals surface area contributed by atoms with E-state index in [1.807, 2.05) is 19.1 Å². The molecule has 3 aromatic rings. The molecule has 0 fully saturated rings. The molecule has 10 heteroatoms. The number of anilines is 3. The van der Waals surface area contributed by atoms with Gasteiger partial charge in [0.15, 0.2) is 28.4 Å². The van der Waals surface area contributed by atoms with Crippen LogP contribution < -0.4 is 21.6 Å². The Morgan fingerprint density at radius 2 is 1.79 bits per heavy atom. The molecule has 1 aliphatic heterocycles. The predicted octanol–water partition coefficient (Wildman–Crippen LogP) is 2.55. The highest BCUT2D eigenvalue weighted by Crippen LogP contribution is 2.33. The van der Waals surface area contributed by atoms with Gasteiger partial charge in [0.05, 0.1) is 17.3 Å². The number of fused-ring (bicyclic) bond motifs is 1. The number of phenolic OH excluding ortho intramolecular Hbond substituents is 1. The molecule has 2 aromatic heterocycles. The number of amides is 1. The van der Waals surface area contributed by atoms with E-state index in [9.17, 15) is 9.90 Å². The summed E-state index contributed by atoms with van der Waals surface area (Å²) in [5, 5.41) is 17.3. The van der Waals surface area contributed by atoms with Gasteiger partial charge in [-0.2, -0.15) is 0 Å². The smallest absolute Gasteiger partial charge is 0.257 e. The van der Waals surface area contributed by atoms with Crippen molar-refractivity contribution in [3.63, 3.8) is 0 Å². The zero-order chi connectivity index (χ0) is 23.7. The van der Waals surface area contributed by atoms with Crippen LogP contribution in [0, 0.1) is 12.8 Å². The topological polar surface area (TPSA) is 128 Å². The number of aromatic nitrogens is 2. The maximum atomic E-state index is 12.4. The van der Waals surface area contributed by atoms with Gasteiger partial charge in [0, 0.05) is 14.1 Å². The molecule has 0 bridgehead atoms. The third kappa shape index (κ3) is 4.50. The monoisotopic (exact) mass is 449 g/mol. The molecular weight excluding hydrogens is 422 g/mol. The van der Waals surface area contributed by atoms with E-state index in [4.69, 9.17) is 4.42 Å². The van der Waals surface area contributed by atoms with Gasteiger partial charge in [-0.1, -0.05) is 19.9 Å². The van der Waals surface area contributed by atoms with E-state index in [0.29, 0.717) is 28.3 Å². The second kappa shape index (κ2) is 8.89. The summed E-state index contributed by atoms with van der Waals surface area (Å²) in [6.45, 7) is 6.31. The fourth-order valence-corrected chi connectivity index (χ4v) is 3.51. The molecule has 33 heavy (non-hydrogen) atoms. The minimum absolute atomic E-state index is 0.173. The van der Waals surface area contributed by atoms with Gasteiger partial charge in [-0.05, 0) is 37.1 Å². The maximum Gasteiger partial charge on any atom is 0.257 e. The Kier molecular flexibility index (Phi) is 5.99. The number of aryl methyl sites for hydroxylation is 1. The number of aromatic hydroxyl groups is 1. The van der Waals surface area contributed by atoms with E-state index in [1.54, 1.807) is 32.3 Å². The molecule has 1 aliphatic rings. The number of hydrogen-bond acceptors (Lipinski definition) is 9. The Bertz CT molecular complexity index is 1310. The summed E-state index contributed by atoms with van der Waals surface area (Å²) in [5.74, 6) is 2.08. The number of carbonyl (C=O) groups is 1. The normalized spacial score (nSPS) is 13.2. The quantitative estimate of drug-likeness (QED) is 0.473. The number of benzene rings is 1. The lowest BCUT2D eigenvalue weighted by atomic mass is 10.0. The van der Waals surface area contributed by atoms with Crippen LogP contribution in [-0.2, 0) is 0 Å². The highest BCUT2D eigenvalue weighted by Gasteiger charge is 2.23. The number of para-hydroxylation sites is 1. The first-order chi connectivity index (χ1) is 15.7. The van der Waals surface area contributed by atoms with Crippen LogP contribution in [-0.4, -0.2) is 46.6 Å². The van der Waals surface area contributed by atoms with Crippen molar-refractivity contribution in [2.45, 2.75) is 26.8 Å². The molecule has 10 nitrogen and oxygen atoms in total. The summed E-state index contributed by atoms with van der Waals surface area (Å²) >= 11 is 0. The van der Waals surface area contributed by atoms with Gasteiger partial charge in [-0.15, -0.1) is 0 Å². The molecule has 3 heterocycles. The maximum absolute atomic E-state index is 12.4. The molecule has 0 saturated heterocycles. The minimum atomic E-state index is -0.309. The van der Waals surface area contributed by atoms with E-state index in [-0.39, 0.29) is 35.8 Å². The van der Waals surface area contributed by atoms with Crippen molar-refractivity contribution in [2.75, 3.05) is 31.4 Å². The predicted molar refractivity (Wildman–Crippen MR) is 123 cm³/mol. The molecule has 1 atom stereocenters. The minimum Gasteiger partial charge on any atom is -0.505 e. The highest BCUT2D eigenvalue weighted by atomic mass is 16.3. The van der Waals surface area contributed by atoms with Gasteiger partial charge >= 0.3 is 0 Å². The second-order valence-corrected chi connectivity index (χ2v) is 8.37. The van der Waals surface area contributed by atoms with Gasteiger partial charge in [-0.3, -0.25) is 4.79 Å². The largest absolute Gasteiger partial charge is 0.505 e. The number of furan rings is 1. The number of rotatable bonds is 7. The fourth-order valence-electron chi connectivity index (χ4n) is 3.51. The van der Waals surface area contributed by atoms with Crippen molar-refractivity contribution in [2.24, 2.45) is 15.9 Å². The van der Waals surface area contributed by atoms with Gasteiger partial charge in [0.1, 0.15) is 18.2 Å². The van der Waals surface area contributed by atoms with Crippen LogP contribution >= 0.6 is 0 Å². The lowest BCUT2D eigenvalue weighted by molar-refractivity contribution is 0.0824. The van der Waals surface area contributed by atoms with Crippen molar-refractivity contribution in [1.82, 2.24) is 14.9 Å². The third-order valence-corrected chi connectivity index (χ3v) is 5.25. The van der Waals surface area contributed by atoms with Crippen LogP contribution in [0.2, 0.25) is 0 Å². The third-order valence-electron chi connectivity index (χ3n) is 5.25. The summed E-state index contributed by atoms with van der Waals surface area (Å²) in [5.41, 5.74) is 1.37. The van der Waals surface area contributed by atoms with Crippen LogP contribution in [0.15, 0.2) is 44.7 Å². The number of nitrogens with one attached hydrogen (secondary N) is 2. The Labute approximate surface area is 191 Å². The zero-order valence-corrected chi connectivity index (χ0v) is 19.2. The molecule has 0 radical (unpaired) electrons. The lowest BCUT2D eigenvalue weighted by Gasteiger charge is -2.22. The van der Waals surface area contributed by atoms with Gasteiger partial charge < -0.3 is 25.1 Å². The van der Waals surface area contributed by atoms with Crippen molar-refractivity contribution in [1.29, 1.82) is 0 Å². The lowest BCUT2D eigenvalue weighted by Crippen LogP contribution is -2.32. The van der Waals surface area contributed by atoms with Crippen LogP contribution in [0.5, 0.6) is 5.75 Å². The Balaban J connectivity index is 1.75. The first-order valence-corrected chi connectivity index (χ1v) is 10.6. The van der Waals surface area contributed by atoms with Crippen LogP contribution in [0.1, 0.15) is 41.8 Å². The van der Waals surface area contributed by atoms with E-state index >= 15 is 0 Å². The summed E-state index contributed by atoms with van der Waals surface area (Å²) in [7, 11) is 3.26. The summed E-state index contributed by atoms with van der Waals surface area (Å²) in [4.78, 5) is 31.6. The molecule has 4 rings (SSSR count). The van der Waals surface area contributed by atoms with Crippen LogP contribution in [0.4, 0.5) is 17.3 Å². The SMILES string of the molecule is Cc1ccc([C@H](Nc2nc3c(nc2Nc2cccc(C(=O)N(C)C)c2O)=NCN=3)C(C)C)o1. The standard InChI is InChI=1S/C23H27N7O3/c1-12(2)17(16-10-9-13(3)33-16)27-22-21(28-19-20(29-22)25-11-24-19)26-15-8-6-7-14(18(15)31)23(32)30(4)5/h6-10,12,17,31H,11H2,1-5H3,(H,24,26,28)(H,25,27,29)/t17-/m1/s1. The number of hydrogen-bond donors (Lipinski definition) is 3. The molecule has 172 valence electrons. The summed E-state index contributed by atoms with van der Waals surface area (Å²) in [6.07, 6.45) is 0. The van der Waals surface area contributed by atoms with Crippen LogP contribution in [0.25, 0.3) is 0 Å². The summed E-state index contributed by atoms with van der Waals surface area (Å²) in [6, 6.07) is 8.59. The number of phenols is 1. The van der Waals surface area contributed by atoms with E-state index in [2.05, 4.69) is 44.4 Å².